The molecule has 0 spiro atoms. The van der Waals surface area contributed by atoms with Crippen molar-refractivity contribution in [1.29, 1.82) is 0 Å². The van der Waals surface area contributed by atoms with Gasteiger partial charge in [0, 0.05) is 17.8 Å². The van der Waals surface area contributed by atoms with Crippen LogP contribution in [0, 0.1) is 0 Å². The first-order valence-electron chi connectivity index (χ1n) is 9.43. The predicted octanol–water partition coefficient (Wildman–Crippen LogP) is 3.72. The lowest BCUT2D eigenvalue weighted by molar-refractivity contribution is 0.0136. The quantitative estimate of drug-likeness (QED) is 0.864. The normalized spacial score (nSPS) is 20.3. The van der Waals surface area contributed by atoms with Crippen LogP contribution in [0.15, 0.2) is 30.5 Å². The summed E-state index contributed by atoms with van der Waals surface area (Å²) in [5.41, 5.74) is 2.06. The minimum Gasteiger partial charge on any atom is -0.481 e. The number of fused-ring (bicyclic) bond motifs is 1. The first-order valence-corrected chi connectivity index (χ1v) is 9.43. The first kappa shape index (κ1) is 20.1. The average molecular weight is 385 g/mol. The molecule has 1 N–H and O–H groups in total. The first-order chi connectivity index (χ1) is 13.3. The van der Waals surface area contributed by atoms with Gasteiger partial charge >= 0.3 is 6.09 Å². The maximum absolute atomic E-state index is 11.9. The van der Waals surface area contributed by atoms with Gasteiger partial charge in [-0.25, -0.2) is 9.78 Å². The second-order valence-electron chi connectivity index (χ2n) is 7.77. The molecule has 0 saturated carbocycles. The van der Waals surface area contributed by atoms with Crippen molar-refractivity contribution >= 4 is 23.2 Å². The van der Waals surface area contributed by atoms with E-state index in [2.05, 4.69) is 15.3 Å². The molecule has 7 heteroatoms. The van der Waals surface area contributed by atoms with Crippen molar-refractivity contribution in [2.75, 3.05) is 13.7 Å². The number of amides is 1. The van der Waals surface area contributed by atoms with E-state index in [9.17, 15) is 4.79 Å². The highest BCUT2D eigenvalue weighted by Crippen LogP contribution is 2.21. The van der Waals surface area contributed by atoms with Gasteiger partial charge in [0.05, 0.1) is 36.9 Å². The second kappa shape index (κ2) is 8.56. The summed E-state index contributed by atoms with van der Waals surface area (Å²) >= 11 is 0. The molecule has 150 valence electrons. The van der Waals surface area contributed by atoms with Crippen molar-refractivity contribution in [3.8, 4) is 5.88 Å². The smallest absolute Gasteiger partial charge is 0.407 e. The topological polar surface area (TPSA) is 82.6 Å². The summed E-state index contributed by atoms with van der Waals surface area (Å²) in [6.45, 7) is 5.99. The minimum absolute atomic E-state index is 0.00879. The van der Waals surface area contributed by atoms with Crippen molar-refractivity contribution in [3.05, 3.63) is 36.0 Å². The van der Waals surface area contributed by atoms with Gasteiger partial charge in [0.1, 0.15) is 5.60 Å². The molecule has 0 aromatic carbocycles. The molecule has 0 radical (unpaired) electrons. The lowest BCUT2D eigenvalue weighted by Gasteiger charge is -2.29. The number of nitrogens with zero attached hydrogens (tertiary/aromatic N) is 2. The molecule has 2 atom stereocenters. The Bertz CT molecular complexity index is 852. The molecular weight excluding hydrogens is 358 g/mol. The lowest BCUT2D eigenvalue weighted by atomic mass is 10.0. The molecule has 3 rings (SSSR count). The summed E-state index contributed by atoms with van der Waals surface area (Å²) in [7, 11) is 1.59. The Hall–Kier alpha value is -2.67. The summed E-state index contributed by atoms with van der Waals surface area (Å²) in [6.07, 6.45) is 7.03. The van der Waals surface area contributed by atoms with Gasteiger partial charge in [0.25, 0.3) is 0 Å². The molecule has 1 aliphatic heterocycles. The molecule has 0 bridgehead atoms. The molecular formula is C21H27N3O4. The Morgan fingerprint density at radius 1 is 1.29 bits per heavy atom. The van der Waals surface area contributed by atoms with Gasteiger partial charge in [0.2, 0.25) is 5.88 Å². The fraction of sp³-hybridized carbons (Fsp3) is 0.476. The molecule has 0 unspecified atom stereocenters. The number of alkyl carbamates (subject to hydrolysis) is 1. The lowest BCUT2D eigenvalue weighted by Crippen LogP contribution is -2.44. The van der Waals surface area contributed by atoms with E-state index in [0.717, 1.165) is 29.4 Å². The van der Waals surface area contributed by atoms with Gasteiger partial charge in [-0.05, 0) is 45.7 Å². The van der Waals surface area contributed by atoms with Gasteiger partial charge in [-0.3, -0.25) is 4.98 Å². The van der Waals surface area contributed by atoms with Crippen molar-refractivity contribution in [2.45, 2.75) is 51.4 Å². The molecule has 0 aliphatic carbocycles. The number of aromatic nitrogens is 2. The molecule has 28 heavy (non-hydrogen) atoms. The largest absolute Gasteiger partial charge is 0.481 e. The van der Waals surface area contributed by atoms with E-state index in [1.54, 1.807) is 19.4 Å². The van der Waals surface area contributed by atoms with Crippen LogP contribution in [0.3, 0.4) is 0 Å². The van der Waals surface area contributed by atoms with Crippen LogP contribution in [0.5, 0.6) is 5.88 Å². The second-order valence-corrected chi connectivity index (χ2v) is 7.77. The van der Waals surface area contributed by atoms with E-state index in [1.807, 2.05) is 45.1 Å². The highest BCUT2D eigenvalue weighted by Gasteiger charge is 2.24. The Balaban J connectivity index is 1.58. The minimum atomic E-state index is -0.505. The average Bonchev–Trinajstić information content (AvgIpc) is 2.65. The predicted molar refractivity (Wildman–Crippen MR) is 107 cm³/mol. The van der Waals surface area contributed by atoms with Crippen molar-refractivity contribution in [1.82, 2.24) is 15.3 Å². The summed E-state index contributed by atoms with van der Waals surface area (Å²) in [6, 6.07) is 5.57. The van der Waals surface area contributed by atoms with Crippen LogP contribution in [-0.2, 0) is 9.47 Å². The van der Waals surface area contributed by atoms with Crippen LogP contribution < -0.4 is 10.1 Å². The van der Waals surface area contributed by atoms with Crippen molar-refractivity contribution in [3.63, 3.8) is 0 Å². The molecule has 3 heterocycles. The van der Waals surface area contributed by atoms with Gasteiger partial charge in [-0.2, -0.15) is 0 Å². The third-order valence-electron chi connectivity index (χ3n) is 4.32. The molecule has 1 amide bonds. The fourth-order valence-corrected chi connectivity index (χ4v) is 3.00. The standard InChI is InChI=1S/C21H27N3O4/c1-21(2,3)28-20(25)23-15-6-8-16(27-13-15)7-5-14-11-12-22-17-9-10-18(26-4)24-19(14)17/h5,7,9-12,15-16H,6,8,13H2,1-4H3,(H,23,25)/b7-5+/t15-,16-/m0/s1. The van der Waals surface area contributed by atoms with Gasteiger partial charge in [-0.15, -0.1) is 0 Å². The number of ether oxygens (including phenoxy) is 3. The van der Waals surface area contributed by atoms with E-state index in [4.69, 9.17) is 14.2 Å². The monoisotopic (exact) mass is 385 g/mol. The fourth-order valence-electron chi connectivity index (χ4n) is 3.00. The third kappa shape index (κ3) is 5.42. The number of methoxy groups -OCH3 is 1. The van der Waals surface area contributed by atoms with E-state index < -0.39 is 11.7 Å². The highest BCUT2D eigenvalue weighted by molar-refractivity contribution is 5.84. The SMILES string of the molecule is COc1ccc2nccc(/C=C/[C@H]3CC[C@H](NC(=O)OC(C)(C)C)CO3)c2n1. The zero-order chi connectivity index (χ0) is 20.1. The highest BCUT2D eigenvalue weighted by atomic mass is 16.6. The van der Waals surface area contributed by atoms with E-state index in [0.29, 0.717) is 12.5 Å². The van der Waals surface area contributed by atoms with Crippen LogP contribution in [0.4, 0.5) is 4.79 Å². The van der Waals surface area contributed by atoms with Gasteiger partial charge < -0.3 is 19.5 Å². The molecule has 1 fully saturated rings. The van der Waals surface area contributed by atoms with Gasteiger partial charge in [0.15, 0.2) is 0 Å². The van der Waals surface area contributed by atoms with Crippen LogP contribution in [0.1, 0.15) is 39.2 Å². The molecule has 7 nitrogen and oxygen atoms in total. The summed E-state index contributed by atoms with van der Waals surface area (Å²) in [5, 5.41) is 2.86. The number of carbonyl (C=O) groups excluding carboxylic acids is 1. The summed E-state index contributed by atoms with van der Waals surface area (Å²) < 4.78 is 16.4. The van der Waals surface area contributed by atoms with Crippen LogP contribution in [0.25, 0.3) is 17.1 Å². The molecule has 2 aromatic heterocycles. The van der Waals surface area contributed by atoms with Crippen LogP contribution >= 0.6 is 0 Å². The van der Waals surface area contributed by atoms with Crippen LogP contribution in [-0.4, -0.2) is 47.5 Å². The number of pyridine rings is 2. The maximum Gasteiger partial charge on any atom is 0.407 e. The van der Waals surface area contributed by atoms with Crippen LogP contribution in [0.2, 0.25) is 0 Å². The Kier molecular flexibility index (Phi) is 6.14. The zero-order valence-electron chi connectivity index (χ0n) is 16.8. The van der Waals surface area contributed by atoms with Crippen molar-refractivity contribution in [2.24, 2.45) is 0 Å². The number of hydrogen-bond acceptors (Lipinski definition) is 6. The van der Waals surface area contributed by atoms with E-state index in [-0.39, 0.29) is 12.1 Å². The van der Waals surface area contributed by atoms with Gasteiger partial charge in [-0.1, -0.05) is 12.2 Å². The van der Waals surface area contributed by atoms with Crippen molar-refractivity contribution < 1.29 is 19.0 Å². The number of hydrogen-bond donors (Lipinski definition) is 1. The Morgan fingerprint density at radius 2 is 2.11 bits per heavy atom. The molecule has 2 aromatic rings. The number of nitrogens with one attached hydrogen (secondary N) is 1. The maximum atomic E-state index is 11.9. The summed E-state index contributed by atoms with van der Waals surface area (Å²) in [4.78, 5) is 20.7. The molecule has 1 saturated heterocycles. The number of rotatable bonds is 4. The zero-order valence-corrected chi connectivity index (χ0v) is 16.8. The number of carbonyl (C=O) groups is 1. The Morgan fingerprint density at radius 3 is 2.79 bits per heavy atom. The third-order valence-corrected chi connectivity index (χ3v) is 4.32. The molecule has 1 aliphatic rings. The van der Waals surface area contributed by atoms with E-state index >= 15 is 0 Å². The Labute approximate surface area is 165 Å². The van der Waals surface area contributed by atoms with E-state index in [1.165, 1.54) is 0 Å². The summed E-state index contributed by atoms with van der Waals surface area (Å²) in [5.74, 6) is 0.556.